The van der Waals surface area contributed by atoms with Crippen LogP contribution >= 0.6 is 0 Å². The number of rotatable bonds is 6. The first-order chi connectivity index (χ1) is 14.1. The van der Waals surface area contributed by atoms with Gasteiger partial charge in [0.2, 0.25) is 6.10 Å². The molecular weight excluding hydrogens is 372 g/mol. The highest BCUT2D eigenvalue weighted by Gasteiger charge is 2.32. The van der Waals surface area contributed by atoms with Crippen LogP contribution in [0.15, 0.2) is 54.6 Å². The largest absolute Gasteiger partial charge is 0.479 e. The molecule has 0 radical (unpaired) electrons. The summed E-state index contributed by atoms with van der Waals surface area (Å²) in [6.07, 6.45) is -1.97. The van der Waals surface area contributed by atoms with Crippen LogP contribution in [-0.4, -0.2) is 49.2 Å². The third kappa shape index (κ3) is 5.33. The third-order valence-electron chi connectivity index (χ3n) is 4.51. The molecule has 0 bridgehead atoms. The molecule has 0 aliphatic carbocycles. The van der Waals surface area contributed by atoms with E-state index in [9.17, 15) is 9.59 Å². The van der Waals surface area contributed by atoms with E-state index in [0.717, 1.165) is 0 Å². The molecule has 7 nitrogen and oxygen atoms in total. The van der Waals surface area contributed by atoms with Gasteiger partial charge in [0.05, 0.1) is 24.8 Å². The van der Waals surface area contributed by atoms with Crippen molar-refractivity contribution in [1.82, 2.24) is 4.90 Å². The summed E-state index contributed by atoms with van der Waals surface area (Å²) in [7, 11) is 0. The van der Waals surface area contributed by atoms with Crippen LogP contribution in [0.25, 0.3) is 0 Å². The Bertz CT molecular complexity index is 870. The van der Waals surface area contributed by atoms with Gasteiger partial charge in [0.15, 0.2) is 6.10 Å². The Hall–Kier alpha value is -3.37. The van der Waals surface area contributed by atoms with Crippen molar-refractivity contribution < 1.29 is 23.8 Å². The number of hydrogen-bond donors (Lipinski definition) is 0. The van der Waals surface area contributed by atoms with Gasteiger partial charge in [-0.05, 0) is 31.2 Å². The van der Waals surface area contributed by atoms with Crippen LogP contribution in [0.5, 0.6) is 5.75 Å². The Balaban J connectivity index is 1.71. The Labute approximate surface area is 169 Å². The minimum Gasteiger partial charge on any atom is -0.479 e. The summed E-state index contributed by atoms with van der Waals surface area (Å²) in [5.41, 5.74) is 1.09. The maximum Gasteiger partial charge on any atom is 0.348 e. The van der Waals surface area contributed by atoms with E-state index in [1.54, 1.807) is 60.4 Å². The molecule has 0 aromatic heterocycles. The lowest BCUT2D eigenvalue weighted by atomic mass is 10.1. The van der Waals surface area contributed by atoms with Gasteiger partial charge >= 0.3 is 5.97 Å². The average molecular weight is 394 g/mol. The Morgan fingerprint density at radius 3 is 2.34 bits per heavy atom. The number of ether oxygens (including phenoxy) is 3. The molecule has 2 aromatic rings. The molecule has 0 spiro atoms. The van der Waals surface area contributed by atoms with Gasteiger partial charge in [-0.15, -0.1) is 0 Å². The molecule has 1 saturated heterocycles. The van der Waals surface area contributed by atoms with Crippen molar-refractivity contribution in [3.63, 3.8) is 0 Å². The van der Waals surface area contributed by atoms with Crippen LogP contribution in [0.1, 0.15) is 24.2 Å². The van der Waals surface area contributed by atoms with Gasteiger partial charge in [-0.3, -0.25) is 4.79 Å². The minimum atomic E-state index is -1.05. The minimum absolute atomic E-state index is 0.279. The number of nitriles is 1. The summed E-state index contributed by atoms with van der Waals surface area (Å²) < 4.78 is 16.5. The molecular formula is C22H22N2O5. The zero-order valence-corrected chi connectivity index (χ0v) is 16.1. The summed E-state index contributed by atoms with van der Waals surface area (Å²) >= 11 is 0. The monoisotopic (exact) mass is 394 g/mol. The summed E-state index contributed by atoms with van der Waals surface area (Å²) in [5, 5.41) is 8.86. The van der Waals surface area contributed by atoms with Crippen molar-refractivity contribution in [1.29, 1.82) is 5.26 Å². The topological polar surface area (TPSA) is 88.9 Å². The zero-order valence-electron chi connectivity index (χ0n) is 16.1. The number of carbonyl (C=O) groups is 2. The van der Waals surface area contributed by atoms with E-state index in [4.69, 9.17) is 19.5 Å². The molecule has 1 aliphatic heterocycles. The van der Waals surface area contributed by atoms with Gasteiger partial charge in [-0.2, -0.15) is 5.26 Å². The highest BCUT2D eigenvalue weighted by molar-refractivity contribution is 5.86. The highest BCUT2D eigenvalue weighted by atomic mass is 16.6. The van der Waals surface area contributed by atoms with E-state index in [2.05, 4.69) is 0 Å². The summed E-state index contributed by atoms with van der Waals surface area (Å²) in [5.74, 6) is -0.493. The zero-order chi connectivity index (χ0) is 20.6. The molecule has 150 valence electrons. The van der Waals surface area contributed by atoms with E-state index < -0.39 is 18.2 Å². The molecule has 1 heterocycles. The van der Waals surface area contributed by atoms with E-state index in [0.29, 0.717) is 43.2 Å². The van der Waals surface area contributed by atoms with Crippen molar-refractivity contribution in [2.45, 2.75) is 19.1 Å². The van der Waals surface area contributed by atoms with Crippen molar-refractivity contribution in [3.05, 3.63) is 65.7 Å². The number of hydrogen-bond acceptors (Lipinski definition) is 6. The molecule has 1 aliphatic rings. The molecule has 0 unspecified atom stereocenters. The molecule has 3 rings (SSSR count). The maximum atomic E-state index is 13.0. The Kier molecular flexibility index (Phi) is 6.82. The second-order valence-corrected chi connectivity index (χ2v) is 6.56. The van der Waals surface area contributed by atoms with E-state index in [-0.39, 0.29) is 5.91 Å². The van der Waals surface area contributed by atoms with Gasteiger partial charge in [-0.1, -0.05) is 30.3 Å². The lowest BCUT2D eigenvalue weighted by Crippen LogP contribution is -2.44. The molecule has 0 N–H and O–H groups in total. The average Bonchev–Trinajstić information content (AvgIpc) is 2.78. The number of esters is 1. The normalized spacial score (nSPS) is 15.7. The first-order valence-corrected chi connectivity index (χ1v) is 9.37. The second-order valence-electron chi connectivity index (χ2n) is 6.56. The lowest BCUT2D eigenvalue weighted by molar-refractivity contribution is -0.167. The van der Waals surface area contributed by atoms with E-state index in [1.165, 1.54) is 0 Å². The predicted octanol–water partition coefficient (Wildman–Crippen LogP) is 2.47. The fourth-order valence-electron chi connectivity index (χ4n) is 2.91. The van der Waals surface area contributed by atoms with Gasteiger partial charge in [0.25, 0.3) is 5.91 Å². The lowest BCUT2D eigenvalue weighted by Gasteiger charge is -2.30. The smallest absolute Gasteiger partial charge is 0.348 e. The van der Waals surface area contributed by atoms with Crippen molar-refractivity contribution in [2.24, 2.45) is 0 Å². The van der Waals surface area contributed by atoms with Gasteiger partial charge in [0, 0.05) is 18.7 Å². The fraction of sp³-hybridized carbons (Fsp3) is 0.318. The van der Waals surface area contributed by atoms with Crippen LogP contribution in [0, 0.1) is 11.3 Å². The molecule has 0 saturated carbocycles. The third-order valence-corrected chi connectivity index (χ3v) is 4.51. The van der Waals surface area contributed by atoms with Crippen LogP contribution in [0.2, 0.25) is 0 Å². The quantitative estimate of drug-likeness (QED) is 0.700. The van der Waals surface area contributed by atoms with E-state index in [1.807, 2.05) is 12.1 Å². The van der Waals surface area contributed by atoms with Crippen LogP contribution in [-0.2, 0) is 19.1 Å². The standard InChI is InChI=1S/C22H22N2O5/c1-16(28-19-9-7-17(15-23)8-10-19)22(26)29-20(18-5-3-2-4-6-18)21(25)24-11-13-27-14-12-24/h2-10,16,20H,11-14H2,1H3/t16-,20-/m0/s1. The molecule has 1 fully saturated rings. The molecule has 2 atom stereocenters. The van der Waals surface area contributed by atoms with Gasteiger partial charge < -0.3 is 19.1 Å². The molecule has 1 amide bonds. The van der Waals surface area contributed by atoms with Crippen molar-refractivity contribution in [3.8, 4) is 11.8 Å². The summed E-state index contributed by atoms with van der Waals surface area (Å²) in [4.78, 5) is 27.3. The number of amides is 1. The van der Waals surface area contributed by atoms with Gasteiger partial charge in [-0.25, -0.2) is 4.79 Å². The number of benzene rings is 2. The molecule has 7 heteroatoms. The number of morpholine rings is 1. The van der Waals surface area contributed by atoms with Crippen LogP contribution in [0.3, 0.4) is 0 Å². The first kappa shape index (κ1) is 20.4. The Morgan fingerprint density at radius 2 is 1.72 bits per heavy atom. The van der Waals surface area contributed by atoms with Crippen LogP contribution in [0.4, 0.5) is 0 Å². The SMILES string of the molecule is C[C@H](Oc1ccc(C#N)cc1)C(=O)O[C@H](C(=O)N1CCOCC1)c1ccccc1. The maximum absolute atomic E-state index is 13.0. The number of carbonyl (C=O) groups excluding carboxylic acids is 2. The number of nitrogens with zero attached hydrogens (tertiary/aromatic N) is 2. The van der Waals surface area contributed by atoms with E-state index >= 15 is 0 Å². The Morgan fingerprint density at radius 1 is 1.07 bits per heavy atom. The fourth-order valence-corrected chi connectivity index (χ4v) is 2.91. The van der Waals surface area contributed by atoms with Crippen molar-refractivity contribution >= 4 is 11.9 Å². The first-order valence-electron chi connectivity index (χ1n) is 9.37. The highest BCUT2D eigenvalue weighted by Crippen LogP contribution is 2.23. The summed E-state index contributed by atoms with van der Waals surface area (Å²) in [6.45, 7) is 3.38. The van der Waals surface area contributed by atoms with Crippen LogP contribution < -0.4 is 4.74 Å². The molecule has 29 heavy (non-hydrogen) atoms. The summed E-state index contributed by atoms with van der Waals surface area (Å²) in [6, 6.07) is 17.4. The van der Waals surface area contributed by atoms with Gasteiger partial charge in [0.1, 0.15) is 5.75 Å². The molecule has 2 aromatic carbocycles. The predicted molar refractivity (Wildman–Crippen MR) is 104 cm³/mol. The van der Waals surface area contributed by atoms with Crippen molar-refractivity contribution in [2.75, 3.05) is 26.3 Å². The second kappa shape index (κ2) is 9.71.